The Bertz CT molecular complexity index is 1270. The molecule has 2 aromatic heterocycles. The van der Waals surface area contributed by atoms with Gasteiger partial charge in [-0.3, -0.25) is 4.79 Å². The van der Waals surface area contributed by atoms with Crippen LogP contribution in [-0.2, 0) is 22.5 Å². The van der Waals surface area contributed by atoms with E-state index in [9.17, 15) is 9.59 Å². The number of carbonyl (C=O) groups excluding carboxylic acids is 2. The summed E-state index contributed by atoms with van der Waals surface area (Å²) in [7, 11) is 1.34. The number of hydrogen-bond acceptors (Lipinski definition) is 6. The molecule has 1 aliphatic heterocycles. The Morgan fingerprint density at radius 2 is 1.75 bits per heavy atom. The molecule has 2 aromatic carbocycles. The van der Waals surface area contributed by atoms with Crippen LogP contribution in [0.3, 0.4) is 0 Å². The SMILES string of the molecule is COC(=O)C1Cc2ccccc2CN1C(=O)c1nc(-c2cccs2)n(-c2ccccc2)n1. The highest BCUT2D eigenvalue weighted by Crippen LogP contribution is 2.28. The summed E-state index contributed by atoms with van der Waals surface area (Å²) in [5, 5.41) is 6.51. The van der Waals surface area contributed by atoms with Gasteiger partial charge in [-0.2, -0.15) is 0 Å². The summed E-state index contributed by atoms with van der Waals surface area (Å²) in [5.41, 5.74) is 2.84. The first-order valence-electron chi connectivity index (χ1n) is 10.2. The molecule has 0 saturated carbocycles. The number of hydrogen-bond donors (Lipinski definition) is 0. The van der Waals surface area contributed by atoms with Gasteiger partial charge >= 0.3 is 5.97 Å². The maximum absolute atomic E-state index is 13.6. The van der Waals surface area contributed by atoms with Gasteiger partial charge in [-0.1, -0.05) is 48.5 Å². The highest BCUT2D eigenvalue weighted by atomic mass is 32.1. The molecule has 8 heteroatoms. The van der Waals surface area contributed by atoms with E-state index in [1.807, 2.05) is 72.1 Å². The zero-order valence-corrected chi connectivity index (χ0v) is 18.2. The lowest BCUT2D eigenvalue weighted by molar-refractivity contribution is -0.146. The molecular weight excluding hydrogens is 424 g/mol. The number of para-hydroxylation sites is 1. The van der Waals surface area contributed by atoms with E-state index >= 15 is 0 Å². The lowest BCUT2D eigenvalue weighted by Crippen LogP contribution is -2.49. The summed E-state index contributed by atoms with van der Waals surface area (Å²) in [6, 6.07) is 20.5. The predicted molar refractivity (Wildman–Crippen MR) is 120 cm³/mol. The zero-order chi connectivity index (χ0) is 22.1. The Morgan fingerprint density at radius 1 is 1.00 bits per heavy atom. The van der Waals surface area contributed by atoms with Crippen molar-refractivity contribution in [1.82, 2.24) is 19.7 Å². The fourth-order valence-electron chi connectivity index (χ4n) is 3.93. The number of esters is 1. The van der Waals surface area contributed by atoms with Crippen molar-refractivity contribution in [3.8, 4) is 16.4 Å². The summed E-state index contributed by atoms with van der Waals surface area (Å²) < 4.78 is 6.67. The van der Waals surface area contributed by atoms with E-state index < -0.39 is 17.9 Å². The van der Waals surface area contributed by atoms with Crippen molar-refractivity contribution in [3.05, 3.63) is 89.1 Å². The van der Waals surface area contributed by atoms with Crippen LogP contribution in [0.5, 0.6) is 0 Å². The van der Waals surface area contributed by atoms with Gasteiger partial charge in [0.25, 0.3) is 5.91 Å². The van der Waals surface area contributed by atoms with Crippen molar-refractivity contribution < 1.29 is 14.3 Å². The van der Waals surface area contributed by atoms with Crippen LogP contribution in [0.25, 0.3) is 16.4 Å². The molecule has 0 N–H and O–H groups in total. The van der Waals surface area contributed by atoms with E-state index in [2.05, 4.69) is 10.1 Å². The summed E-state index contributed by atoms with van der Waals surface area (Å²) in [6.45, 7) is 0.295. The molecule has 0 radical (unpaired) electrons. The third kappa shape index (κ3) is 3.58. The zero-order valence-electron chi connectivity index (χ0n) is 17.3. The van der Waals surface area contributed by atoms with Gasteiger partial charge in [0.05, 0.1) is 17.7 Å². The lowest BCUT2D eigenvalue weighted by Gasteiger charge is -2.34. The van der Waals surface area contributed by atoms with Crippen LogP contribution in [0.1, 0.15) is 21.7 Å². The van der Waals surface area contributed by atoms with Gasteiger partial charge < -0.3 is 9.64 Å². The van der Waals surface area contributed by atoms with Gasteiger partial charge in [0.15, 0.2) is 5.82 Å². The second-order valence-corrected chi connectivity index (χ2v) is 8.38. The van der Waals surface area contributed by atoms with Gasteiger partial charge in [-0.05, 0) is 34.7 Å². The first kappa shape index (κ1) is 20.1. The third-order valence-electron chi connectivity index (χ3n) is 5.52. The second-order valence-electron chi connectivity index (χ2n) is 7.43. The average molecular weight is 445 g/mol. The number of ether oxygens (including phenoxy) is 1. The smallest absolute Gasteiger partial charge is 0.328 e. The van der Waals surface area contributed by atoms with E-state index in [0.717, 1.165) is 21.7 Å². The number of amides is 1. The van der Waals surface area contributed by atoms with Crippen molar-refractivity contribution >= 4 is 23.2 Å². The van der Waals surface area contributed by atoms with Crippen LogP contribution >= 0.6 is 11.3 Å². The topological polar surface area (TPSA) is 77.3 Å². The highest BCUT2D eigenvalue weighted by molar-refractivity contribution is 7.13. The maximum Gasteiger partial charge on any atom is 0.328 e. The number of methoxy groups -OCH3 is 1. The van der Waals surface area contributed by atoms with Crippen LogP contribution in [0, 0.1) is 0 Å². The minimum atomic E-state index is -0.726. The minimum Gasteiger partial charge on any atom is -0.467 e. The van der Waals surface area contributed by atoms with Gasteiger partial charge in [0.2, 0.25) is 5.82 Å². The molecule has 0 fully saturated rings. The van der Waals surface area contributed by atoms with E-state index in [-0.39, 0.29) is 5.82 Å². The number of aromatic nitrogens is 3. The Kier molecular flexibility index (Phi) is 5.28. The molecule has 7 nitrogen and oxygen atoms in total. The molecule has 32 heavy (non-hydrogen) atoms. The Balaban J connectivity index is 1.57. The summed E-state index contributed by atoms with van der Waals surface area (Å²) in [4.78, 5) is 33.1. The van der Waals surface area contributed by atoms with Crippen molar-refractivity contribution in [2.45, 2.75) is 19.0 Å². The molecule has 1 amide bonds. The van der Waals surface area contributed by atoms with Crippen molar-refractivity contribution in [3.63, 3.8) is 0 Å². The molecule has 1 unspecified atom stereocenters. The molecule has 1 aliphatic rings. The summed E-state index contributed by atoms with van der Waals surface area (Å²) in [5.74, 6) is -0.219. The van der Waals surface area contributed by atoms with Crippen molar-refractivity contribution in [2.24, 2.45) is 0 Å². The lowest BCUT2D eigenvalue weighted by atomic mass is 9.94. The number of benzene rings is 2. The van der Waals surface area contributed by atoms with Crippen LogP contribution in [0.4, 0.5) is 0 Å². The first-order valence-corrected chi connectivity index (χ1v) is 11.1. The fraction of sp³-hybridized carbons (Fsp3) is 0.167. The van der Waals surface area contributed by atoms with Crippen molar-refractivity contribution in [2.75, 3.05) is 7.11 Å². The standard InChI is InChI=1S/C24H20N4O3S/c1-31-24(30)19-14-16-8-5-6-9-17(16)15-27(19)23(29)21-25-22(20-12-7-13-32-20)28(26-21)18-10-3-2-4-11-18/h2-13,19H,14-15H2,1H3. The molecule has 1 atom stereocenters. The molecular formula is C24H20N4O3S. The molecule has 0 bridgehead atoms. The summed E-state index contributed by atoms with van der Waals surface area (Å²) in [6.07, 6.45) is 0.395. The predicted octanol–water partition coefficient (Wildman–Crippen LogP) is 3.74. The minimum absolute atomic E-state index is 0.0468. The molecule has 4 aromatic rings. The van der Waals surface area contributed by atoms with E-state index in [1.54, 1.807) is 4.68 Å². The van der Waals surface area contributed by atoms with Crippen LogP contribution in [-0.4, -0.2) is 44.7 Å². The number of nitrogens with zero attached hydrogens (tertiary/aromatic N) is 4. The molecule has 0 spiro atoms. The normalized spacial score (nSPS) is 15.3. The Labute approximate surface area is 188 Å². The number of fused-ring (bicyclic) bond motifs is 1. The Morgan fingerprint density at radius 3 is 2.47 bits per heavy atom. The first-order chi connectivity index (χ1) is 15.7. The molecule has 0 aliphatic carbocycles. The highest BCUT2D eigenvalue weighted by Gasteiger charge is 2.37. The third-order valence-corrected chi connectivity index (χ3v) is 6.39. The largest absolute Gasteiger partial charge is 0.467 e. The summed E-state index contributed by atoms with van der Waals surface area (Å²) >= 11 is 1.52. The molecule has 3 heterocycles. The van der Waals surface area contributed by atoms with Crippen LogP contribution in [0.15, 0.2) is 72.1 Å². The Hall–Kier alpha value is -3.78. The molecule has 5 rings (SSSR count). The van der Waals surface area contributed by atoms with Crippen LogP contribution < -0.4 is 0 Å². The number of thiophene rings is 1. The number of rotatable bonds is 4. The number of carbonyl (C=O) groups is 2. The van der Waals surface area contributed by atoms with Gasteiger partial charge in [-0.15, -0.1) is 16.4 Å². The quantitative estimate of drug-likeness (QED) is 0.448. The van der Waals surface area contributed by atoms with Crippen molar-refractivity contribution in [1.29, 1.82) is 0 Å². The maximum atomic E-state index is 13.6. The molecule has 0 saturated heterocycles. The van der Waals surface area contributed by atoms with Gasteiger partial charge in [-0.25, -0.2) is 14.5 Å². The monoisotopic (exact) mass is 444 g/mol. The van der Waals surface area contributed by atoms with E-state index in [1.165, 1.54) is 23.3 Å². The van der Waals surface area contributed by atoms with Gasteiger partial charge in [0, 0.05) is 13.0 Å². The van der Waals surface area contributed by atoms with Crippen LogP contribution in [0.2, 0.25) is 0 Å². The molecule has 160 valence electrons. The average Bonchev–Trinajstić information content (AvgIpc) is 3.53. The second kappa shape index (κ2) is 8.39. The van der Waals surface area contributed by atoms with Gasteiger partial charge in [0.1, 0.15) is 6.04 Å². The fourth-order valence-corrected chi connectivity index (χ4v) is 4.63. The van der Waals surface area contributed by atoms with E-state index in [4.69, 9.17) is 4.74 Å². The van der Waals surface area contributed by atoms with E-state index in [0.29, 0.717) is 18.8 Å².